The van der Waals surface area contributed by atoms with Crippen molar-refractivity contribution in [3.8, 4) is 0 Å². The van der Waals surface area contributed by atoms with E-state index in [0.29, 0.717) is 15.3 Å². The molecular formula is C18H18N2O6S. The van der Waals surface area contributed by atoms with Crippen LogP contribution in [-0.4, -0.2) is 31.1 Å². The Morgan fingerprint density at radius 3 is 2.63 bits per heavy atom. The number of carbonyl (C=O) groups excluding carboxylic acids is 3. The summed E-state index contributed by atoms with van der Waals surface area (Å²) < 4.78 is 10.6. The van der Waals surface area contributed by atoms with Crippen molar-refractivity contribution in [3.63, 3.8) is 0 Å². The van der Waals surface area contributed by atoms with Crippen molar-refractivity contribution in [1.82, 2.24) is 0 Å². The lowest BCUT2D eigenvalue weighted by Gasteiger charge is -2.08. The number of aryl methyl sites for hydroxylation is 1. The van der Waals surface area contributed by atoms with Crippen molar-refractivity contribution >= 4 is 34.2 Å². The van der Waals surface area contributed by atoms with E-state index in [4.69, 9.17) is 9.47 Å². The molecule has 2 aromatic heterocycles. The number of esters is 2. The van der Waals surface area contributed by atoms with Gasteiger partial charge in [0.1, 0.15) is 5.00 Å². The first-order chi connectivity index (χ1) is 13.0. The fraction of sp³-hybridized carbons (Fsp3) is 0.333. The number of ether oxygens (including phenoxy) is 2. The molecule has 0 atom stereocenters. The monoisotopic (exact) mass is 390 g/mol. The van der Waals surface area contributed by atoms with E-state index in [1.165, 1.54) is 23.5 Å². The smallest absolute Gasteiger partial charge is 0.341 e. The van der Waals surface area contributed by atoms with Crippen LogP contribution in [0.1, 0.15) is 44.5 Å². The van der Waals surface area contributed by atoms with E-state index >= 15 is 0 Å². The van der Waals surface area contributed by atoms with E-state index in [9.17, 15) is 19.6 Å². The van der Waals surface area contributed by atoms with Crippen LogP contribution in [0, 0.1) is 5.21 Å². The molecule has 0 spiro atoms. The number of pyridine rings is 1. The minimum absolute atomic E-state index is 0.164. The normalized spacial score (nSPS) is 12.3. The Hall–Kier alpha value is -2.94. The van der Waals surface area contributed by atoms with Crippen LogP contribution in [0.5, 0.6) is 0 Å². The summed E-state index contributed by atoms with van der Waals surface area (Å²) in [5.74, 6) is -1.73. The Morgan fingerprint density at radius 1 is 1.19 bits per heavy atom. The van der Waals surface area contributed by atoms with Gasteiger partial charge >= 0.3 is 11.9 Å². The van der Waals surface area contributed by atoms with Crippen molar-refractivity contribution in [1.29, 1.82) is 0 Å². The zero-order valence-electron chi connectivity index (χ0n) is 14.6. The second-order valence-electron chi connectivity index (χ2n) is 5.85. The first-order valence-electron chi connectivity index (χ1n) is 8.47. The molecule has 2 heterocycles. The Kier molecular flexibility index (Phi) is 5.70. The molecule has 0 radical (unpaired) electrons. The van der Waals surface area contributed by atoms with E-state index in [1.54, 1.807) is 6.92 Å². The molecule has 27 heavy (non-hydrogen) atoms. The fourth-order valence-corrected chi connectivity index (χ4v) is 4.13. The number of nitrogens with one attached hydrogen (secondary N) is 1. The Labute approximate surface area is 159 Å². The van der Waals surface area contributed by atoms with Gasteiger partial charge in [0.2, 0.25) is 0 Å². The average Bonchev–Trinajstić information content (AvgIpc) is 3.21. The van der Waals surface area contributed by atoms with Crippen LogP contribution in [0.15, 0.2) is 24.5 Å². The van der Waals surface area contributed by atoms with Gasteiger partial charge in [-0.1, -0.05) is 0 Å². The van der Waals surface area contributed by atoms with Gasteiger partial charge in [0.15, 0.2) is 19.0 Å². The lowest BCUT2D eigenvalue weighted by atomic mass is 10.1. The molecule has 0 bridgehead atoms. The fourth-order valence-electron chi connectivity index (χ4n) is 2.84. The lowest BCUT2D eigenvalue weighted by molar-refractivity contribution is -0.605. The van der Waals surface area contributed by atoms with E-state index in [0.717, 1.165) is 42.1 Å². The molecule has 2 aromatic rings. The van der Waals surface area contributed by atoms with Crippen LogP contribution in [0.25, 0.3) is 0 Å². The third kappa shape index (κ3) is 4.25. The van der Waals surface area contributed by atoms with Crippen molar-refractivity contribution in [2.45, 2.75) is 26.2 Å². The number of anilines is 1. The van der Waals surface area contributed by atoms with Crippen LogP contribution in [-0.2, 0) is 27.1 Å². The quantitative estimate of drug-likeness (QED) is 0.458. The Bertz CT molecular complexity index is 875. The Morgan fingerprint density at radius 2 is 1.93 bits per heavy atom. The van der Waals surface area contributed by atoms with Crippen molar-refractivity contribution in [3.05, 3.63) is 51.3 Å². The molecule has 3 rings (SSSR count). The van der Waals surface area contributed by atoms with E-state index < -0.39 is 24.5 Å². The van der Waals surface area contributed by atoms with Gasteiger partial charge in [-0.3, -0.25) is 4.79 Å². The number of rotatable bonds is 6. The molecule has 0 aromatic carbocycles. The standard InChI is InChI=1S/C18H18N2O6S/c1-2-25-18(23)15-12-4-3-5-13(12)27-16(15)19-14(21)10-26-17(22)11-6-8-20(24)9-7-11/h6-9H,2-5,10H2,1H3,(H,19,21). The summed E-state index contributed by atoms with van der Waals surface area (Å²) in [6, 6.07) is 2.60. The molecule has 1 amide bonds. The maximum atomic E-state index is 12.3. The molecule has 1 aliphatic carbocycles. The van der Waals surface area contributed by atoms with Crippen molar-refractivity contribution in [2.75, 3.05) is 18.5 Å². The van der Waals surface area contributed by atoms with Crippen LogP contribution in [0.2, 0.25) is 0 Å². The van der Waals surface area contributed by atoms with E-state index in [1.807, 2.05) is 0 Å². The molecule has 9 heteroatoms. The van der Waals surface area contributed by atoms with Crippen molar-refractivity contribution in [2.24, 2.45) is 0 Å². The predicted molar refractivity (Wildman–Crippen MR) is 96.6 cm³/mol. The van der Waals surface area contributed by atoms with E-state index in [-0.39, 0.29) is 12.2 Å². The largest absolute Gasteiger partial charge is 0.619 e. The highest BCUT2D eigenvalue weighted by Crippen LogP contribution is 2.39. The van der Waals surface area contributed by atoms with Gasteiger partial charge in [-0.25, -0.2) is 9.59 Å². The van der Waals surface area contributed by atoms with Crippen LogP contribution in [0.4, 0.5) is 5.00 Å². The minimum atomic E-state index is -0.718. The number of amides is 1. The Balaban J connectivity index is 1.65. The molecule has 142 valence electrons. The summed E-state index contributed by atoms with van der Waals surface area (Å²) >= 11 is 1.35. The first-order valence-corrected chi connectivity index (χ1v) is 9.28. The molecule has 0 aliphatic heterocycles. The summed E-state index contributed by atoms with van der Waals surface area (Å²) in [4.78, 5) is 37.4. The van der Waals surface area contributed by atoms with Crippen molar-refractivity contribution < 1.29 is 28.6 Å². The zero-order chi connectivity index (χ0) is 19.4. The number of hydrogen-bond donors (Lipinski definition) is 1. The highest BCUT2D eigenvalue weighted by Gasteiger charge is 2.28. The maximum absolute atomic E-state index is 12.3. The third-order valence-electron chi connectivity index (χ3n) is 4.03. The number of fused-ring (bicyclic) bond motifs is 1. The number of carbonyl (C=O) groups is 3. The van der Waals surface area contributed by atoms with Gasteiger partial charge in [-0.05, 0) is 31.7 Å². The number of aromatic nitrogens is 1. The summed E-state index contributed by atoms with van der Waals surface area (Å²) in [7, 11) is 0. The number of nitrogens with zero attached hydrogens (tertiary/aromatic N) is 1. The molecule has 0 saturated carbocycles. The van der Waals surface area contributed by atoms with Crippen LogP contribution < -0.4 is 10.0 Å². The van der Waals surface area contributed by atoms with Gasteiger partial charge < -0.3 is 20.0 Å². The zero-order valence-corrected chi connectivity index (χ0v) is 15.5. The number of thiophene rings is 1. The topological polar surface area (TPSA) is 109 Å². The highest BCUT2D eigenvalue weighted by molar-refractivity contribution is 7.17. The van der Waals surface area contributed by atoms with Crippen LogP contribution >= 0.6 is 11.3 Å². The minimum Gasteiger partial charge on any atom is -0.619 e. The molecule has 8 nitrogen and oxygen atoms in total. The SMILES string of the molecule is CCOC(=O)c1c(NC(=O)COC(=O)c2cc[n+]([O-])cc2)sc2c1CCC2. The second-order valence-corrected chi connectivity index (χ2v) is 6.96. The van der Waals surface area contributed by atoms with Gasteiger partial charge in [0.25, 0.3) is 5.91 Å². The van der Waals surface area contributed by atoms with Gasteiger partial charge in [-0.2, -0.15) is 4.73 Å². The van der Waals surface area contributed by atoms with Crippen LogP contribution in [0.3, 0.4) is 0 Å². The maximum Gasteiger partial charge on any atom is 0.341 e. The number of hydrogen-bond acceptors (Lipinski definition) is 7. The summed E-state index contributed by atoms with van der Waals surface area (Å²) in [6.07, 6.45) is 4.94. The summed E-state index contributed by atoms with van der Waals surface area (Å²) in [5.41, 5.74) is 1.50. The average molecular weight is 390 g/mol. The van der Waals surface area contributed by atoms with E-state index in [2.05, 4.69) is 5.32 Å². The summed E-state index contributed by atoms with van der Waals surface area (Å²) in [5, 5.41) is 14.0. The van der Waals surface area contributed by atoms with Gasteiger partial charge in [-0.15, -0.1) is 11.3 Å². The lowest BCUT2D eigenvalue weighted by Crippen LogP contribution is -2.25. The molecule has 0 saturated heterocycles. The molecule has 1 aliphatic rings. The molecule has 0 fully saturated rings. The highest BCUT2D eigenvalue weighted by atomic mass is 32.1. The molecular weight excluding hydrogens is 372 g/mol. The third-order valence-corrected chi connectivity index (χ3v) is 5.23. The first kappa shape index (κ1) is 18.8. The second kappa shape index (κ2) is 8.17. The van der Waals surface area contributed by atoms with Gasteiger partial charge in [0.05, 0.1) is 17.7 Å². The van der Waals surface area contributed by atoms with Gasteiger partial charge in [0, 0.05) is 17.0 Å². The predicted octanol–water partition coefficient (Wildman–Crippen LogP) is 1.84. The molecule has 0 unspecified atom stereocenters. The summed E-state index contributed by atoms with van der Waals surface area (Å²) in [6.45, 7) is 1.46. The molecule has 1 N–H and O–H groups in total.